The molecule has 2 N–H and O–H groups in total. The zero-order valence-electron chi connectivity index (χ0n) is 11.7. The fourth-order valence-corrected chi connectivity index (χ4v) is 2.52. The van der Waals surface area contributed by atoms with Crippen LogP contribution in [-0.2, 0) is 6.42 Å². The number of para-hydroxylation sites is 1. The topological polar surface area (TPSA) is 50.4 Å². The molecule has 1 saturated carbocycles. The van der Waals surface area contributed by atoms with E-state index in [1.807, 2.05) is 24.3 Å². The van der Waals surface area contributed by atoms with E-state index in [2.05, 4.69) is 10.6 Å². The third-order valence-electron chi connectivity index (χ3n) is 3.62. The van der Waals surface area contributed by atoms with Crippen molar-refractivity contribution in [2.75, 3.05) is 13.7 Å². The van der Waals surface area contributed by atoms with Crippen LogP contribution >= 0.6 is 0 Å². The largest absolute Gasteiger partial charge is 0.496 e. The maximum Gasteiger partial charge on any atom is 0.315 e. The molecule has 2 atom stereocenters. The molecule has 0 spiro atoms. The van der Waals surface area contributed by atoms with E-state index in [-0.39, 0.29) is 12.1 Å². The second-order valence-corrected chi connectivity index (χ2v) is 5.02. The lowest BCUT2D eigenvalue weighted by atomic mass is 10.1. The molecule has 110 valence electrons. The van der Waals surface area contributed by atoms with Crippen LogP contribution in [0.1, 0.15) is 24.8 Å². The zero-order chi connectivity index (χ0) is 14.4. The van der Waals surface area contributed by atoms with E-state index in [0.29, 0.717) is 19.4 Å². The van der Waals surface area contributed by atoms with Crippen LogP contribution in [-0.4, -0.2) is 31.9 Å². The van der Waals surface area contributed by atoms with Crippen LogP contribution in [0.4, 0.5) is 9.18 Å². The summed E-state index contributed by atoms with van der Waals surface area (Å²) < 4.78 is 18.6. The lowest BCUT2D eigenvalue weighted by Gasteiger charge is -2.15. The molecule has 1 aromatic rings. The Balaban J connectivity index is 1.73. The second-order valence-electron chi connectivity index (χ2n) is 5.02. The summed E-state index contributed by atoms with van der Waals surface area (Å²) in [5, 5.41) is 5.44. The number of hydrogen-bond donors (Lipinski definition) is 2. The van der Waals surface area contributed by atoms with Crippen LogP contribution in [0.5, 0.6) is 5.75 Å². The van der Waals surface area contributed by atoms with Crippen LogP contribution in [0, 0.1) is 0 Å². The smallest absolute Gasteiger partial charge is 0.315 e. The van der Waals surface area contributed by atoms with Crippen molar-refractivity contribution in [1.82, 2.24) is 10.6 Å². The summed E-state index contributed by atoms with van der Waals surface area (Å²) in [5.41, 5.74) is 1.04. The van der Waals surface area contributed by atoms with E-state index in [9.17, 15) is 9.18 Å². The molecule has 0 aromatic heterocycles. The summed E-state index contributed by atoms with van der Waals surface area (Å²) in [6.07, 6.45) is 1.89. The van der Waals surface area contributed by atoms with E-state index >= 15 is 0 Å². The number of amides is 2. The SMILES string of the molecule is COc1ccccc1CCNC(=O)N[C@H]1CCC[C@H]1F. The Hall–Kier alpha value is -1.78. The number of halogens is 1. The molecule has 1 aliphatic rings. The highest BCUT2D eigenvalue weighted by Gasteiger charge is 2.27. The Kier molecular flexibility index (Phi) is 5.21. The molecule has 20 heavy (non-hydrogen) atoms. The molecule has 4 nitrogen and oxygen atoms in total. The normalized spacial score (nSPS) is 21.5. The number of urea groups is 1. The van der Waals surface area contributed by atoms with Crippen molar-refractivity contribution in [3.63, 3.8) is 0 Å². The van der Waals surface area contributed by atoms with Gasteiger partial charge in [0.05, 0.1) is 13.2 Å². The van der Waals surface area contributed by atoms with Crippen molar-refractivity contribution < 1.29 is 13.9 Å². The van der Waals surface area contributed by atoms with Crippen molar-refractivity contribution in [1.29, 1.82) is 0 Å². The van der Waals surface area contributed by atoms with Gasteiger partial charge in [-0.05, 0) is 37.3 Å². The molecule has 0 heterocycles. The number of rotatable bonds is 5. The highest BCUT2D eigenvalue weighted by molar-refractivity contribution is 5.74. The average molecular weight is 280 g/mol. The molecular formula is C15H21FN2O2. The van der Waals surface area contributed by atoms with Gasteiger partial charge in [0.1, 0.15) is 11.9 Å². The van der Waals surface area contributed by atoms with Crippen LogP contribution in [0.25, 0.3) is 0 Å². The van der Waals surface area contributed by atoms with Gasteiger partial charge >= 0.3 is 6.03 Å². The highest BCUT2D eigenvalue weighted by atomic mass is 19.1. The van der Waals surface area contributed by atoms with Crippen LogP contribution in [0.2, 0.25) is 0 Å². The van der Waals surface area contributed by atoms with Crippen LogP contribution < -0.4 is 15.4 Å². The zero-order valence-corrected chi connectivity index (χ0v) is 11.7. The van der Waals surface area contributed by atoms with Gasteiger partial charge in [0.2, 0.25) is 0 Å². The van der Waals surface area contributed by atoms with Crippen molar-refractivity contribution in [2.24, 2.45) is 0 Å². The molecule has 0 bridgehead atoms. The molecule has 2 rings (SSSR count). The monoisotopic (exact) mass is 280 g/mol. The molecule has 0 unspecified atom stereocenters. The first-order chi connectivity index (χ1) is 9.70. The minimum Gasteiger partial charge on any atom is -0.496 e. The standard InChI is InChI=1S/C15H21FN2O2/c1-20-14-8-3-2-5-11(14)9-10-17-15(19)18-13-7-4-6-12(13)16/h2-3,5,8,12-13H,4,6-7,9-10H2,1H3,(H2,17,18,19)/t12-,13+/m1/s1. The second kappa shape index (κ2) is 7.12. The summed E-state index contributed by atoms with van der Waals surface area (Å²) in [6, 6.07) is 7.07. The van der Waals surface area contributed by atoms with Crippen molar-refractivity contribution in [3.8, 4) is 5.75 Å². The molecule has 5 heteroatoms. The van der Waals surface area contributed by atoms with Gasteiger partial charge in [0.25, 0.3) is 0 Å². The van der Waals surface area contributed by atoms with Gasteiger partial charge in [0.15, 0.2) is 0 Å². The fraction of sp³-hybridized carbons (Fsp3) is 0.533. The number of carbonyl (C=O) groups excluding carboxylic acids is 1. The summed E-state index contributed by atoms with van der Waals surface area (Å²) in [5.74, 6) is 0.814. The molecule has 1 fully saturated rings. The summed E-state index contributed by atoms with van der Waals surface area (Å²) in [4.78, 5) is 11.7. The van der Waals surface area contributed by atoms with E-state index in [1.54, 1.807) is 7.11 Å². The summed E-state index contributed by atoms with van der Waals surface area (Å²) in [6.45, 7) is 0.496. The lowest BCUT2D eigenvalue weighted by molar-refractivity contribution is 0.225. The molecule has 2 amide bonds. The van der Waals surface area contributed by atoms with Crippen molar-refractivity contribution in [3.05, 3.63) is 29.8 Å². The Labute approximate surface area is 118 Å². The van der Waals surface area contributed by atoms with E-state index < -0.39 is 6.17 Å². The van der Waals surface area contributed by atoms with Crippen LogP contribution in [0.3, 0.4) is 0 Å². The third-order valence-corrected chi connectivity index (χ3v) is 3.62. The first kappa shape index (κ1) is 14.6. The molecule has 0 aliphatic heterocycles. The van der Waals surface area contributed by atoms with E-state index in [0.717, 1.165) is 24.2 Å². The number of benzene rings is 1. The minimum atomic E-state index is -0.907. The maximum absolute atomic E-state index is 13.4. The van der Waals surface area contributed by atoms with Gasteiger partial charge < -0.3 is 15.4 Å². The quantitative estimate of drug-likeness (QED) is 0.870. The average Bonchev–Trinajstić information content (AvgIpc) is 2.85. The number of nitrogens with one attached hydrogen (secondary N) is 2. The van der Waals surface area contributed by atoms with Crippen molar-refractivity contribution >= 4 is 6.03 Å². The predicted octanol–water partition coefficient (Wildman–Crippen LogP) is 2.43. The van der Waals surface area contributed by atoms with E-state index in [4.69, 9.17) is 4.74 Å². The van der Waals surface area contributed by atoms with Gasteiger partial charge in [0, 0.05) is 6.54 Å². The Morgan fingerprint density at radius 3 is 2.90 bits per heavy atom. The molecule has 0 saturated heterocycles. The minimum absolute atomic E-state index is 0.297. The summed E-state index contributed by atoms with van der Waals surface area (Å²) in [7, 11) is 1.63. The number of hydrogen-bond acceptors (Lipinski definition) is 2. The van der Waals surface area contributed by atoms with Gasteiger partial charge in [-0.2, -0.15) is 0 Å². The highest BCUT2D eigenvalue weighted by Crippen LogP contribution is 2.21. The molecule has 1 aliphatic carbocycles. The number of carbonyl (C=O) groups is 1. The molecule has 1 aromatic carbocycles. The van der Waals surface area contributed by atoms with Gasteiger partial charge in [-0.1, -0.05) is 18.2 Å². The Morgan fingerprint density at radius 2 is 2.20 bits per heavy atom. The molecule has 0 radical (unpaired) electrons. The van der Waals surface area contributed by atoms with Gasteiger partial charge in [-0.15, -0.1) is 0 Å². The van der Waals surface area contributed by atoms with Crippen molar-refractivity contribution in [2.45, 2.75) is 37.9 Å². The summed E-state index contributed by atoms with van der Waals surface area (Å²) >= 11 is 0. The van der Waals surface area contributed by atoms with Gasteiger partial charge in [-0.25, -0.2) is 9.18 Å². The first-order valence-electron chi connectivity index (χ1n) is 7.01. The predicted molar refractivity (Wildman–Crippen MR) is 75.8 cm³/mol. The first-order valence-corrected chi connectivity index (χ1v) is 7.01. The Morgan fingerprint density at radius 1 is 1.40 bits per heavy atom. The van der Waals surface area contributed by atoms with Crippen LogP contribution in [0.15, 0.2) is 24.3 Å². The fourth-order valence-electron chi connectivity index (χ4n) is 2.52. The number of alkyl halides is 1. The molecular weight excluding hydrogens is 259 g/mol. The maximum atomic E-state index is 13.4. The van der Waals surface area contributed by atoms with Gasteiger partial charge in [-0.3, -0.25) is 0 Å². The number of methoxy groups -OCH3 is 1. The third kappa shape index (κ3) is 3.85. The van der Waals surface area contributed by atoms with E-state index in [1.165, 1.54) is 0 Å². The number of ether oxygens (including phenoxy) is 1. The lowest BCUT2D eigenvalue weighted by Crippen LogP contribution is -2.44. The Bertz CT molecular complexity index is 453.